The summed E-state index contributed by atoms with van der Waals surface area (Å²) in [6, 6.07) is 4.22. The predicted octanol–water partition coefficient (Wildman–Crippen LogP) is 3.70. The average Bonchev–Trinajstić information content (AvgIpc) is 2.61. The van der Waals surface area contributed by atoms with Gasteiger partial charge in [0.25, 0.3) is 0 Å². The van der Waals surface area contributed by atoms with Gasteiger partial charge in [0.1, 0.15) is 35.5 Å². The molecule has 0 saturated carbocycles. The van der Waals surface area contributed by atoms with E-state index in [0.717, 1.165) is 9.79 Å². The van der Waals surface area contributed by atoms with Crippen LogP contribution in [0.15, 0.2) is 9.79 Å². The lowest BCUT2D eigenvalue weighted by atomic mass is 10.1. The van der Waals surface area contributed by atoms with Crippen LogP contribution in [0.4, 0.5) is 0 Å². The number of thioether (sulfide) groups is 2. The molecule has 0 aliphatic heterocycles. The third kappa shape index (κ3) is 5.21. The molecule has 0 aliphatic carbocycles. The van der Waals surface area contributed by atoms with Gasteiger partial charge in [0.05, 0.1) is 23.0 Å². The van der Waals surface area contributed by atoms with Crippen molar-refractivity contribution in [3.05, 3.63) is 11.1 Å². The summed E-state index contributed by atoms with van der Waals surface area (Å²) in [6.45, 7) is 4.45. The number of nitriles is 2. The molecular formula is C18H24N2O4S2. The van der Waals surface area contributed by atoms with Gasteiger partial charge in [0.15, 0.2) is 11.5 Å². The Hall–Kier alpha value is -1.58. The Balaban J connectivity index is 3.63. The van der Waals surface area contributed by atoms with Gasteiger partial charge in [-0.1, -0.05) is 0 Å². The Bertz CT molecular complexity index is 639. The van der Waals surface area contributed by atoms with Gasteiger partial charge in [0.2, 0.25) is 0 Å². The van der Waals surface area contributed by atoms with Crippen LogP contribution in [0.2, 0.25) is 0 Å². The monoisotopic (exact) mass is 396 g/mol. The molecule has 2 atom stereocenters. The molecule has 0 fully saturated rings. The molecule has 26 heavy (non-hydrogen) atoms. The van der Waals surface area contributed by atoms with Crippen molar-refractivity contribution in [3.8, 4) is 23.6 Å². The lowest BCUT2D eigenvalue weighted by Gasteiger charge is -2.24. The number of nitrogens with zero attached hydrogens (tertiary/aromatic N) is 2. The zero-order valence-corrected chi connectivity index (χ0v) is 17.5. The summed E-state index contributed by atoms with van der Waals surface area (Å²) in [5, 5.41) is 19.4. The van der Waals surface area contributed by atoms with E-state index in [1.54, 1.807) is 14.2 Å². The maximum Gasteiger partial charge on any atom is 0.153 e. The standard InChI is InChI=1S/C18H24N2O4S2/c1-11(9-21-3)23-15-13(7-19)14(8-20)16(24-12(2)10-22-4)18(26-6)17(15)25-5/h11-12H,9-10H2,1-6H3. The Morgan fingerprint density at radius 3 is 1.38 bits per heavy atom. The van der Waals surface area contributed by atoms with Crippen molar-refractivity contribution in [2.45, 2.75) is 35.8 Å². The van der Waals surface area contributed by atoms with Gasteiger partial charge < -0.3 is 18.9 Å². The van der Waals surface area contributed by atoms with Crippen LogP contribution in [-0.2, 0) is 9.47 Å². The van der Waals surface area contributed by atoms with E-state index in [-0.39, 0.29) is 23.3 Å². The van der Waals surface area contributed by atoms with Crippen LogP contribution in [0.1, 0.15) is 25.0 Å². The van der Waals surface area contributed by atoms with Gasteiger partial charge >= 0.3 is 0 Å². The van der Waals surface area contributed by atoms with Crippen molar-refractivity contribution < 1.29 is 18.9 Å². The number of benzene rings is 1. The Morgan fingerprint density at radius 2 is 1.15 bits per heavy atom. The van der Waals surface area contributed by atoms with Gasteiger partial charge in [-0.05, 0) is 26.4 Å². The minimum Gasteiger partial charge on any atom is -0.486 e. The highest BCUT2D eigenvalue weighted by Crippen LogP contribution is 2.47. The van der Waals surface area contributed by atoms with Crippen molar-refractivity contribution >= 4 is 23.5 Å². The molecule has 1 aromatic carbocycles. The lowest BCUT2D eigenvalue weighted by Crippen LogP contribution is -2.21. The van der Waals surface area contributed by atoms with Crippen molar-refractivity contribution in [1.29, 1.82) is 10.5 Å². The van der Waals surface area contributed by atoms with Crippen LogP contribution in [0.25, 0.3) is 0 Å². The number of rotatable bonds is 10. The first-order valence-electron chi connectivity index (χ1n) is 7.92. The molecule has 0 radical (unpaired) electrons. The number of hydrogen-bond acceptors (Lipinski definition) is 8. The fourth-order valence-electron chi connectivity index (χ4n) is 2.41. The Morgan fingerprint density at radius 1 is 0.808 bits per heavy atom. The van der Waals surface area contributed by atoms with Crippen LogP contribution in [0.5, 0.6) is 11.5 Å². The molecule has 8 heteroatoms. The minimum atomic E-state index is -0.265. The summed E-state index contributed by atoms with van der Waals surface area (Å²) < 4.78 is 22.2. The highest BCUT2D eigenvalue weighted by atomic mass is 32.2. The normalized spacial score (nSPS) is 12.8. The fourth-order valence-corrected chi connectivity index (χ4v) is 4.14. The molecule has 1 aromatic rings. The summed E-state index contributed by atoms with van der Waals surface area (Å²) in [7, 11) is 3.17. The smallest absolute Gasteiger partial charge is 0.153 e. The van der Waals surface area contributed by atoms with E-state index in [1.807, 2.05) is 26.4 Å². The molecule has 0 aromatic heterocycles. The van der Waals surface area contributed by atoms with Gasteiger partial charge in [0, 0.05) is 14.2 Å². The average molecular weight is 397 g/mol. The molecule has 2 unspecified atom stereocenters. The van der Waals surface area contributed by atoms with E-state index in [4.69, 9.17) is 18.9 Å². The molecule has 0 saturated heterocycles. The second kappa shape index (κ2) is 11.2. The molecule has 0 amide bonds. The summed E-state index contributed by atoms with van der Waals surface area (Å²) in [5.41, 5.74) is 0.356. The van der Waals surface area contributed by atoms with Crippen LogP contribution < -0.4 is 9.47 Å². The molecule has 142 valence electrons. The van der Waals surface area contributed by atoms with Gasteiger partial charge in [-0.15, -0.1) is 23.5 Å². The lowest BCUT2D eigenvalue weighted by molar-refractivity contribution is 0.0858. The molecule has 1 rings (SSSR count). The van der Waals surface area contributed by atoms with Crippen molar-refractivity contribution in [1.82, 2.24) is 0 Å². The van der Waals surface area contributed by atoms with Crippen LogP contribution in [0, 0.1) is 22.7 Å². The van der Waals surface area contributed by atoms with Crippen molar-refractivity contribution in [2.24, 2.45) is 0 Å². The summed E-state index contributed by atoms with van der Waals surface area (Å²) >= 11 is 2.90. The molecule has 6 nitrogen and oxygen atoms in total. The molecule has 0 spiro atoms. The van der Waals surface area contributed by atoms with Crippen molar-refractivity contribution in [2.75, 3.05) is 39.9 Å². The fraction of sp³-hybridized carbons (Fsp3) is 0.556. The largest absolute Gasteiger partial charge is 0.486 e. The molecule has 0 aliphatic rings. The number of methoxy groups -OCH3 is 2. The third-order valence-corrected chi connectivity index (χ3v) is 5.12. The van der Waals surface area contributed by atoms with E-state index in [9.17, 15) is 10.5 Å². The molecule has 0 N–H and O–H groups in total. The quantitative estimate of drug-likeness (QED) is 0.554. The van der Waals surface area contributed by atoms with E-state index in [2.05, 4.69) is 12.1 Å². The summed E-state index contributed by atoms with van der Waals surface area (Å²) in [4.78, 5) is 1.55. The Labute approximate surface area is 163 Å². The van der Waals surface area contributed by atoms with E-state index < -0.39 is 0 Å². The van der Waals surface area contributed by atoms with Gasteiger partial charge in [-0.3, -0.25) is 0 Å². The molecule has 0 heterocycles. The Kier molecular flexibility index (Phi) is 9.68. The summed E-state index contributed by atoms with van der Waals surface area (Å²) in [6.07, 6.45) is 3.27. The summed E-state index contributed by atoms with van der Waals surface area (Å²) in [5.74, 6) is 0.800. The maximum absolute atomic E-state index is 9.71. The number of hydrogen-bond donors (Lipinski definition) is 0. The van der Waals surface area contributed by atoms with E-state index in [1.165, 1.54) is 23.5 Å². The first-order chi connectivity index (χ1) is 12.5. The van der Waals surface area contributed by atoms with Crippen LogP contribution in [0.3, 0.4) is 0 Å². The van der Waals surface area contributed by atoms with E-state index >= 15 is 0 Å². The predicted molar refractivity (Wildman–Crippen MR) is 103 cm³/mol. The van der Waals surface area contributed by atoms with Gasteiger partial charge in [-0.25, -0.2) is 0 Å². The van der Waals surface area contributed by atoms with Crippen molar-refractivity contribution in [3.63, 3.8) is 0 Å². The molecular weight excluding hydrogens is 372 g/mol. The first kappa shape index (κ1) is 22.5. The highest BCUT2D eigenvalue weighted by Gasteiger charge is 2.28. The zero-order valence-electron chi connectivity index (χ0n) is 15.9. The second-order valence-corrected chi connectivity index (χ2v) is 7.10. The van der Waals surface area contributed by atoms with Crippen LogP contribution >= 0.6 is 23.5 Å². The topological polar surface area (TPSA) is 84.5 Å². The molecule has 0 bridgehead atoms. The number of ether oxygens (including phenoxy) is 4. The third-order valence-electron chi connectivity index (χ3n) is 3.40. The maximum atomic E-state index is 9.71. The SMILES string of the molecule is COCC(C)Oc1c(C#N)c(C#N)c(OC(C)COC)c(SC)c1SC. The minimum absolute atomic E-state index is 0.178. The zero-order chi connectivity index (χ0) is 19.7. The second-order valence-electron chi connectivity index (χ2n) is 5.47. The van der Waals surface area contributed by atoms with Crippen LogP contribution in [-0.4, -0.2) is 52.2 Å². The highest BCUT2D eigenvalue weighted by molar-refractivity contribution is 8.01. The van der Waals surface area contributed by atoms with E-state index in [0.29, 0.717) is 24.7 Å². The van der Waals surface area contributed by atoms with Gasteiger partial charge in [-0.2, -0.15) is 10.5 Å². The first-order valence-corrected chi connectivity index (χ1v) is 10.4.